The van der Waals surface area contributed by atoms with Crippen molar-refractivity contribution in [1.29, 1.82) is 0 Å². The van der Waals surface area contributed by atoms with Crippen LogP contribution in [0.15, 0.2) is 41.5 Å². The van der Waals surface area contributed by atoms with Crippen molar-refractivity contribution in [3.05, 3.63) is 53.3 Å². The van der Waals surface area contributed by atoms with Gasteiger partial charge in [-0.25, -0.2) is 9.97 Å². The van der Waals surface area contributed by atoms with Crippen LogP contribution in [0.1, 0.15) is 17.0 Å². The third kappa shape index (κ3) is 4.58. The Labute approximate surface area is 177 Å². The number of methoxy groups -OCH3 is 2. The first-order valence-corrected chi connectivity index (χ1v) is 9.32. The van der Waals surface area contributed by atoms with E-state index in [0.29, 0.717) is 22.8 Å². The summed E-state index contributed by atoms with van der Waals surface area (Å²) in [5.41, 5.74) is 5.41. The molecule has 0 aliphatic carbocycles. The lowest BCUT2D eigenvalue weighted by Gasteiger charge is -2.13. The van der Waals surface area contributed by atoms with Crippen LogP contribution < -0.4 is 14.9 Å². The van der Waals surface area contributed by atoms with Crippen molar-refractivity contribution < 1.29 is 9.47 Å². The minimum absolute atomic E-state index is 0.0673. The number of nitrogens with one attached hydrogen (secondary N) is 1. The molecule has 0 aliphatic rings. The van der Waals surface area contributed by atoms with Gasteiger partial charge >= 0.3 is 0 Å². The SMILES string of the molecule is COc1ccc(/C=N/Nc2nc(C(Cl)(Cl)Cl)nc3ccc(C)cc23)cc1OC. The highest BCUT2D eigenvalue weighted by Crippen LogP contribution is 2.37. The van der Waals surface area contributed by atoms with Crippen molar-refractivity contribution in [3.8, 4) is 11.5 Å². The first-order chi connectivity index (χ1) is 13.3. The van der Waals surface area contributed by atoms with Crippen molar-refractivity contribution in [2.45, 2.75) is 10.7 Å². The van der Waals surface area contributed by atoms with Gasteiger partial charge in [0, 0.05) is 5.39 Å². The summed E-state index contributed by atoms with van der Waals surface area (Å²) in [5, 5.41) is 5.02. The van der Waals surface area contributed by atoms with Crippen molar-refractivity contribution in [2.24, 2.45) is 5.10 Å². The molecule has 6 nitrogen and oxygen atoms in total. The second kappa shape index (κ2) is 8.39. The van der Waals surface area contributed by atoms with Crippen LogP contribution in [0, 0.1) is 6.92 Å². The maximum absolute atomic E-state index is 5.97. The summed E-state index contributed by atoms with van der Waals surface area (Å²) in [4.78, 5) is 8.66. The lowest BCUT2D eigenvalue weighted by Crippen LogP contribution is -2.09. The molecule has 0 unspecified atom stereocenters. The summed E-state index contributed by atoms with van der Waals surface area (Å²) in [5.74, 6) is 1.75. The number of ether oxygens (including phenoxy) is 2. The summed E-state index contributed by atoms with van der Waals surface area (Å²) in [6.07, 6.45) is 1.63. The van der Waals surface area contributed by atoms with Crippen molar-refractivity contribution in [1.82, 2.24) is 9.97 Å². The number of fused-ring (bicyclic) bond motifs is 1. The molecule has 9 heteroatoms. The number of aryl methyl sites for hydroxylation is 1. The second-order valence-electron chi connectivity index (χ2n) is 5.90. The molecular formula is C19H17Cl3N4O2. The first-order valence-electron chi connectivity index (χ1n) is 8.18. The molecule has 0 saturated carbocycles. The Morgan fingerprint density at radius 2 is 1.75 bits per heavy atom. The highest BCUT2D eigenvalue weighted by Gasteiger charge is 2.28. The molecule has 2 aromatic carbocycles. The fourth-order valence-corrected chi connectivity index (χ4v) is 2.81. The van der Waals surface area contributed by atoms with E-state index in [4.69, 9.17) is 44.3 Å². The van der Waals surface area contributed by atoms with E-state index in [-0.39, 0.29) is 5.82 Å². The minimum Gasteiger partial charge on any atom is -0.493 e. The van der Waals surface area contributed by atoms with E-state index in [1.54, 1.807) is 32.6 Å². The molecule has 0 saturated heterocycles. The summed E-state index contributed by atoms with van der Waals surface area (Å²) < 4.78 is 8.78. The number of benzene rings is 2. The molecule has 146 valence electrons. The van der Waals surface area contributed by atoms with E-state index in [1.807, 2.05) is 31.2 Å². The average molecular weight is 440 g/mol. The normalized spacial score (nSPS) is 11.8. The Balaban J connectivity index is 1.95. The number of alkyl halides is 3. The monoisotopic (exact) mass is 438 g/mol. The first kappa shape index (κ1) is 20.5. The Hall–Kier alpha value is -2.28. The van der Waals surface area contributed by atoms with Crippen molar-refractivity contribution in [2.75, 3.05) is 19.6 Å². The van der Waals surface area contributed by atoms with Crippen LogP contribution in [0.5, 0.6) is 11.5 Å². The van der Waals surface area contributed by atoms with E-state index in [9.17, 15) is 0 Å². The maximum atomic E-state index is 5.97. The molecule has 0 atom stereocenters. The van der Waals surface area contributed by atoms with E-state index >= 15 is 0 Å². The van der Waals surface area contributed by atoms with Gasteiger partial charge in [-0.1, -0.05) is 46.4 Å². The highest BCUT2D eigenvalue weighted by atomic mass is 35.6. The lowest BCUT2D eigenvalue weighted by atomic mass is 10.1. The van der Waals surface area contributed by atoms with Crippen molar-refractivity contribution in [3.63, 3.8) is 0 Å². The number of anilines is 1. The van der Waals surface area contributed by atoms with Crippen LogP contribution in [0.4, 0.5) is 5.82 Å². The number of hydrazone groups is 1. The molecule has 1 aromatic heterocycles. The Morgan fingerprint density at radius 1 is 1.00 bits per heavy atom. The third-order valence-electron chi connectivity index (χ3n) is 3.90. The van der Waals surface area contributed by atoms with Crippen LogP contribution in [0.3, 0.4) is 0 Å². The molecular weight excluding hydrogens is 423 g/mol. The quantitative estimate of drug-likeness (QED) is 0.335. The molecule has 0 amide bonds. The molecule has 1 heterocycles. The van der Waals surface area contributed by atoms with Crippen molar-refractivity contribution >= 4 is 57.7 Å². The zero-order chi connectivity index (χ0) is 20.3. The summed E-state index contributed by atoms with van der Waals surface area (Å²) in [6.45, 7) is 1.97. The second-order valence-corrected chi connectivity index (χ2v) is 8.18. The summed E-state index contributed by atoms with van der Waals surface area (Å²) >= 11 is 17.9. The van der Waals surface area contributed by atoms with Gasteiger partial charge in [-0.15, -0.1) is 0 Å². The van der Waals surface area contributed by atoms with Crippen LogP contribution in [-0.4, -0.2) is 30.4 Å². The number of hydrogen-bond donors (Lipinski definition) is 1. The summed E-state index contributed by atoms with van der Waals surface area (Å²) in [6, 6.07) is 11.2. The van der Waals surface area contributed by atoms with Gasteiger partial charge < -0.3 is 9.47 Å². The smallest absolute Gasteiger partial charge is 0.250 e. The fraction of sp³-hybridized carbons (Fsp3) is 0.211. The van der Waals surface area contributed by atoms with Crippen LogP contribution in [0.25, 0.3) is 10.9 Å². The van der Waals surface area contributed by atoms with Gasteiger partial charge in [-0.3, -0.25) is 5.43 Å². The lowest BCUT2D eigenvalue weighted by molar-refractivity contribution is 0.355. The topological polar surface area (TPSA) is 68.6 Å². The molecule has 0 bridgehead atoms. The summed E-state index contributed by atoms with van der Waals surface area (Å²) in [7, 11) is 3.16. The number of rotatable bonds is 5. The molecule has 0 fully saturated rings. The zero-order valence-electron chi connectivity index (χ0n) is 15.3. The molecule has 0 aliphatic heterocycles. The number of halogens is 3. The highest BCUT2D eigenvalue weighted by molar-refractivity contribution is 6.66. The predicted octanol–water partition coefficient (Wildman–Crippen LogP) is 5.23. The standard InChI is InChI=1S/C19H17Cl3N4O2/c1-11-4-6-14-13(8-11)17(25-18(24-14)19(20,21)22)26-23-10-12-5-7-15(27-2)16(9-12)28-3/h4-10H,1-3H3,(H,24,25,26)/b23-10+. The Kier molecular flexibility index (Phi) is 6.13. The van der Waals surface area contributed by atoms with E-state index in [1.165, 1.54) is 0 Å². The van der Waals surface area contributed by atoms with Crippen LogP contribution >= 0.6 is 34.8 Å². The fourth-order valence-electron chi connectivity index (χ4n) is 2.56. The largest absolute Gasteiger partial charge is 0.493 e. The van der Waals surface area contributed by atoms with E-state index in [2.05, 4.69) is 20.5 Å². The van der Waals surface area contributed by atoms with Gasteiger partial charge in [0.25, 0.3) is 0 Å². The van der Waals surface area contributed by atoms with Gasteiger partial charge in [-0.05, 0) is 42.8 Å². The zero-order valence-corrected chi connectivity index (χ0v) is 17.6. The molecule has 0 spiro atoms. The average Bonchev–Trinajstić information content (AvgIpc) is 2.67. The molecule has 28 heavy (non-hydrogen) atoms. The van der Waals surface area contributed by atoms with E-state index < -0.39 is 3.79 Å². The number of aromatic nitrogens is 2. The molecule has 1 N–H and O–H groups in total. The van der Waals surface area contributed by atoms with Gasteiger partial charge in [0.05, 0.1) is 26.0 Å². The van der Waals surface area contributed by atoms with Crippen LogP contribution in [-0.2, 0) is 3.79 Å². The number of nitrogens with zero attached hydrogens (tertiary/aromatic N) is 3. The van der Waals surface area contributed by atoms with Gasteiger partial charge in [0.2, 0.25) is 3.79 Å². The Morgan fingerprint density at radius 3 is 2.43 bits per heavy atom. The van der Waals surface area contributed by atoms with Gasteiger partial charge in [0.15, 0.2) is 23.1 Å². The van der Waals surface area contributed by atoms with Crippen LogP contribution in [0.2, 0.25) is 0 Å². The molecule has 0 radical (unpaired) electrons. The predicted molar refractivity (Wildman–Crippen MR) is 114 cm³/mol. The van der Waals surface area contributed by atoms with Gasteiger partial charge in [-0.2, -0.15) is 5.10 Å². The Bertz CT molecular complexity index is 1040. The van der Waals surface area contributed by atoms with Gasteiger partial charge in [0.1, 0.15) is 0 Å². The maximum Gasteiger partial charge on any atom is 0.250 e. The third-order valence-corrected chi connectivity index (χ3v) is 4.40. The minimum atomic E-state index is -1.75. The number of hydrogen-bond acceptors (Lipinski definition) is 6. The molecule has 3 rings (SSSR count). The molecule has 3 aromatic rings. The van der Waals surface area contributed by atoms with E-state index in [0.717, 1.165) is 16.5 Å².